The Morgan fingerprint density at radius 3 is 2.73 bits per heavy atom. The SMILES string of the molecule is CC(=O)N1CCc2cc(C(=O)O)ccc21. The summed E-state index contributed by atoms with van der Waals surface area (Å²) in [7, 11) is 0. The first-order chi connectivity index (χ1) is 7.09. The summed E-state index contributed by atoms with van der Waals surface area (Å²) in [6, 6.07) is 4.87. The van der Waals surface area contributed by atoms with E-state index in [0.717, 1.165) is 17.7 Å². The molecule has 0 saturated carbocycles. The first kappa shape index (κ1) is 9.71. The van der Waals surface area contributed by atoms with Crippen molar-refractivity contribution in [3.05, 3.63) is 29.3 Å². The third-order valence-corrected chi connectivity index (χ3v) is 2.60. The van der Waals surface area contributed by atoms with Crippen LogP contribution in [0.3, 0.4) is 0 Å². The third kappa shape index (κ3) is 1.58. The molecule has 0 fully saturated rings. The van der Waals surface area contributed by atoms with Crippen molar-refractivity contribution < 1.29 is 14.7 Å². The van der Waals surface area contributed by atoms with E-state index in [9.17, 15) is 9.59 Å². The monoisotopic (exact) mass is 205 g/mol. The number of fused-ring (bicyclic) bond motifs is 1. The van der Waals surface area contributed by atoms with Crippen LogP contribution < -0.4 is 4.90 Å². The number of nitrogens with zero attached hydrogens (tertiary/aromatic N) is 1. The maximum Gasteiger partial charge on any atom is 0.335 e. The van der Waals surface area contributed by atoms with E-state index in [1.165, 1.54) is 13.0 Å². The highest BCUT2D eigenvalue weighted by molar-refractivity contribution is 5.95. The van der Waals surface area contributed by atoms with Crippen molar-refractivity contribution in [1.29, 1.82) is 0 Å². The molecule has 2 rings (SSSR count). The Labute approximate surface area is 87.1 Å². The highest BCUT2D eigenvalue weighted by Crippen LogP contribution is 2.28. The highest BCUT2D eigenvalue weighted by atomic mass is 16.4. The molecule has 1 aromatic carbocycles. The van der Waals surface area contributed by atoms with Gasteiger partial charge in [0.1, 0.15) is 0 Å². The summed E-state index contributed by atoms with van der Waals surface area (Å²) in [4.78, 5) is 23.6. The van der Waals surface area contributed by atoms with E-state index in [-0.39, 0.29) is 11.5 Å². The molecule has 1 N–H and O–H groups in total. The van der Waals surface area contributed by atoms with Gasteiger partial charge in [0.25, 0.3) is 0 Å². The number of hydrogen-bond acceptors (Lipinski definition) is 2. The molecule has 0 spiro atoms. The molecule has 4 nitrogen and oxygen atoms in total. The van der Waals surface area contributed by atoms with Crippen molar-refractivity contribution in [3.63, 3.8) is 0 Å². The Hall–Kier alpha value is -1.84. The molecule has 1 heterocycles. The molecule has 1 aliphatic heterocycles. The minimum Gasteiger partial charge on any atom is -0.478 e. The van der Waals surface area contributed by atoms with Crippen LogP contribution in [0.25, 0.3) is 0 Å². The summed E-state index contributed by atoms with van der Waals surface area (Å²) in [5.41, 5.74) is 2.05. The third-order valence-electron chi connectivity index (χ3n) is 2.60. The maximum atomic E-state index is 11.2. The zero-order chi connectivity index (χ0) is 11.0. The van der Waals surface area contributed by atoms with E-state index in [2.05, 4.69) is 0 Å². The van der Waals surface area contributed by atoms with Gasteiger partial charge < -0.3 is 10.0 Å². The van der Waals surface area contributed by atoms with Crippen molar-refractivity contribution in [3.8, 4) is 0 Å². The number of amides is 1. The predicted molar refractivity (Wildman–Crippen MR) is 55.1 cm³/mol. The van der Waals surface area contributed by atoms with Crippen LogP contribution in [0.4, 0.5) is 5.69 Å². The van der Waals surface area contributed by atoms with E-state index in [1.807, 2.05) is 0 Å². The molecule has 1 amide bonds. The number of aromatic carboxylic acids is 1. The van der Waals surface area contributed by atoms with Gasteiger partial charge in [-0.3, -0.25) is 4.79 Å². The average molecular weight is 205 g/mol. The minimum absolute atomic E-state index is 0.00294. The van der Waals surface area contributed by atoms with Gasteiger partial charge in [0, 0.05) is 19.2 Å². The fourth-order valence-corrected chi connectivity index (χ4v) is 1.86. The van der Waals surface area contributed by atoms with Gasteiger partial charge in [-0.25, -0.2) is 4.79 Å². The van der Waals surface area contributed by atoms with Crippen LogP contribution in [0.15, 0.2) is 18.2 Å². The zero-order valence-corrected chi connectivity index (χ0v) is 8.36. The Morgan fingerprint density at radius 1 is 1.40 bits per heavy atom. The zero-order valence-electron chi connectivity index (χ0n) is 8.36. The second-order valence-corrected chi connectivity index (χ2v) is 3.57. The summed E-state index contributed by atoms with van der Waals surface area (Å²) >= 11 is 0. The van der Waals surface area contributed by atoms with E-state index < -0.39 is 5.97 Å². The van der Waals surface area contributed by atoms with Gasteiger partial charge in [0.15, 0.2) is 0 Å². The van der Waals surface area contributed by atoms with Crippen LogP contribution in [-0.2, 0) is 11.2 Å². The Balaban J connectivity index is 2.42. The van der Waals surface area contributed by atoms with Crippen LogP contribution in [0, 0.1) is 0 Å². The lowest BCUT2D eigenvalue weighted by molar-refractivity contribution is -0.116. The first-order valence-electron chi connectivity index (χ1n) is 4.74. The number of carbonyl (C=O) groups excluding carboxylic acids is 1. The van der Waals surface area contributed by atoms with Crippen LogP contribution in [-0.4, -0.2) is 23.5 Å². The maximum absolute atomic E-state index is 11.2. The predicted octanol–water partition coefficient (Wildman–Crippen LogP) is 1.29. The Bertz CT molecular complexity index is 439. The Morgan fingerprint density at radius 2 is 2.13 bits per heavy atom. The van der Waals surface area contributed by atoms with Crippen LogP contribution in [0.5, 0.6) is 0 Å². The van der Waals surface area contributed by atoms with Gasteiger partial charge in [-0.15, -0.1) is 0 Å². The second kappa shape index (κ2) is 3.38. The first-order valence-corrected chi connectivity index (χ1v) is 4.74. The second-order valence-electron chi connectivity index (χ2n) is 3.57. The molecule has 0 atom stereocenters. The van der Waals surface area contributed by atoms with Crippen LogP contribution >= 0.6 is 0 Å². The Kier molecular flexibility index (Phi) is 2.19. The normalized spacial score (nSPS) is 13.8. The largest absolute Gasteiger partial charge is 0.478 e. The fourth-order valence-electron chi connectivity index (χ4n) is 1.86. The van der Waals surface area contributed by atoms with Crippen molar-refractivity contribution in [2.24, 2.45) is 0 Å². The van der Waals surface area contributed by atoms with Crippen molar-refractivity contribution in [2.45, 2.75) is 13.3 Å². The molecule has 0 radical (unpaired) electrons. The van der Waals surface area contributed by atoms with Gasteiger partial charge in [0.05, 0.1) is 5.56 Å². The molecule has 1 aliphatic rings. The molecule has 78 valence electrons. The topological polar surface area (TPSA) is 57.6 Å². The number of benzene rings is 1. The van der Waals surface area contributed by atoms with Crippen LogP contribution in [0.1, 0.15) is 22.8 Å². The number of carbonyl (C=O) groups is 2. The molecule has 0 aliphatic carbocycles. The molecule has 1 aromatic rings. The van der Waals surface area contributed by atoms with E-state index in [4.69, 9.17) is 5.11 Å². The molecule has 15 heavy (non-hydrogen) atoms. The summed E-state index contributed by atoms with van der Waals surface area (Å²) in [6.07, 6.45) is 0.732. The summed E-state index contributed by atoms with van der Waals surface area (Å²) in [6.45, 7) is 2.16. The van der Waals surface area contributed by atoms with Crippen molar-refractivity contribution >= 4 is 17.6 Å². The number of anilines is 1. The van der Waals surface area contributed by atoms with E-state index >= 15 is 0 Å². The number of hydrogen-bond donors (Lipinski definition) is 1. The average Bonchev–Trinajstić information content (AvgIpc) is 2.59. The van der Waals surface area contributed by atoms with E-state index in [0.29, 0.717) is 6.54 Å². The standard InChI is InChI=1S/C11H11NO3/c1-7(13)12-5-4-8-6-9(11(14)15)2-3-10(8)12/h2-3,6H,4-5H2,1H3,(H,14,15). The summed E-state index contributed by atoms with van der Waals surface area (Å²) in [5.74, 6) is -0.934. The van der Waals surface area contributed by atoms with Gasteiger partial charge in [-0.2, -0.15) is 0 Å². The molecular weight excluding hydrogens is 194 g/mol. The molecule has 4 heteroatoms. The molecule has 0 aromatic heterocycles. The molecule has 0 bridgehead atoms. The van der Waals surface area contributed by atoms with Gasteiger partial charge in [-0.1, -0.05) is 0 Å². The lowest BCUT2D eigenvalue weighted by atomic mass is 10.1. The fraction of sp³-hybridized carbons (Fsp3) is 0.273. The van der Waals surface area contributed by atoms with Crippen LogP contribution in [0.2, 0.25) is 0 Å². The van der Waals surface area contributed by atoms with E-state index in [1.54, 1.807) is 17.0 Å². The quantitative estimate of drug-likeness (QED) is 0.751. The van der Waals surface area contributed by atoms with Crippen molar-refractivity contribution in [1.82, 2.24) is 0 Å². The lowest BCUT2D eigenvalue weighted by Gasteiger charge is -2.14. The van der Waals surface area contributed by atoms with Gasteiger partial charge >= 0.3 is 5.97 Å². The molecule has 0 saturated heterocycles. The molecule has 0 unspecified atom stereocenters. The lowest BCUT2D eigenvalue weighted by Crippen LogP contribution is -2.25. The van der Waals surface area contributed by atoms with Crippen molar-refractivity contribution in [2.75, 3.05) is 11.4 Å². The number of carboxylic acids is 1. The number of carboxylic acid groups (broad SMARTS) is 1. The summed E-state index contributed by atoms with van der Waals surface area (Å²) in [5, 5.41) is 8.81. The highest BCUT2D eigenvalue weighted by Gasteiger charge is 2.22. The van der Waals surface area contributed by atoms with Gasteiger partial charge in [0.2, 0.25) is 5.91 Å². The number of rotatable bonds is 1. The summed E-state index contributed by atoms with van der Waals surface area (Å²) < 4.78 is 0. The minimum atomic E-state index is -0.931. The molecular formula is C11H11NO3. The van der Waals surface area contributed by atoms with Gasteiger partial charge in [-0.05, 0) is 30.2 Å². The smallest absolute Gasteiger partial charge is 0.335 e.